The quantitative estimate of drug-likeness (QED) is 0.877. The average Bonchev–Trinajstić information content (AvgIpc) is 2.83. The molecule has 0 saturated carbocycles. The Hall–Kier alpha value is -1.39. The van der Waals surface area contributed by atoms with E-state index in [4.69, 9.17) is 16.3 Å². The fraction of sp³-hybridized carbons (Fsp3) is 0.467. The smallest absolute Gasteiger partial charge is 0.150 e. The Morgan fingerprint density at radius 1 is 1.60 bits per heavy atom. The summed E-state index contributed by atoms with van der Waals surface area (Å²) < 4.78 is 5.27. The minimum Gasteiger partial charge on any atom is -0.507 e. The molecule has 1 aliphatic heterocycles. The Balaban J connectivity index is 2.11. The van der Waals surface area contributed by atoms with E-state index in [9.17, 15) is 5.11 Å². The molecule has 1 aliphatic rings. The highest BCUT2D eigenvalue weighted by Crippen LogP contribution is 2.38. The number of rotatable bonds is 5. The molecule has 4 nitrogen and oxygen atoms in total. The zero-order valence-corrected chi connectivity index (χ0v) is 12.7. The van der Waals surface area contributed by atoms with Crippen molar-refractivity contribution in [2.75, 3.05) is 27.2 Å². The minimum atomic E-state index is 0.114. The fourth-order valence-corrected chi connectivity index (χ4v) is 2.84. The van der Waals surface area contributed by atoms with Gasteiger partial charge in [-0.2, -0.15) is 0 Å². The highest BCUT2D eigenvalue weighted by molar-refractivity contribution is 6.32. The molecule has 5 heteroatoms. The third kappa shape index (κ3) is 3.02. The van der Waals surface area contributed by atoms with E-state index in [-0.39, 0.29) is 5.75 Å². The van der Waals surface area contributed by atoms with Gasteiger partial charge in [-0.1, -0.05) is 18.2 Å². The van der Waals surface area contributed by atoms with Gasteiger partial charge in [0.25, 0.3) is 0 Å². The molecule has 0 spiro atoms. The van der Waals surface area contributed by atoms with Crippen molar-refractivity contribution in [3.63, 3.8) is 0 Å². The first kappa shape index (κ1) is 15.0. The van der Waals surface area contributed by atoms with E-state index in [0.717, 1.165) is 13.1 Å². The van der Waals surface area contributed by atoms with Gasteiger partial charge in [-0.05, 0) is 38.6 Å². The number of hydrogen-bond donors (Lipinski definition) is 2. The zero-order chi connectivity index (χ0) is 14.7. The molecule has 0 aromatic heterocycles. The molecule has 1 unspecified atom stereocenters. The van der Waals surface area contributed by atoms with Gasteiger partial charge in [-0.3, -0.25) is 0 Å². The van der Waals surface area contributed by atoms with Crippen LogP contribution in [0.5, 0.6) is 11.5 Å². The summed E-state index contributed by atoms with van der Waals surface area (Å²) in [5.74, 6) is 0.562. The SMILES string of the molecule is C=C(NCC1CCCN1C)c1c(O)ccc(Cl)c1OC. The zero-order valence-electron chi connectivity index (χ0n) is 11.9. The lowest BCUT2D eigenvalue weighted by atomic mass is 10.1. The first-order valence-electron chi connectivity index (χ1n) is 6.73. The van der Waals surface area contributed by atoms with Crippen LogP contribution in [0, 0.1) is 0 Å². The van der Waals surface area contributed by atoms with Crippen molar-refractivity contribution in [2.24, 2.45) is 0 Å². The predicted octanol–water partition coefficient (Wildman–Crippen LogP) is 2.71. The first-order valence-corrected chi connectivity index (χ1v) is 7.11. The highest BCUT2D eigenvalue weighted by Gasteiger charge is 2.22. The van der Waals surface area contributed by atoms with Gasteiger partial charge in [0.05, 0.1) is 17.7 Å². The lowest BCUT2D eigenvalue weighted by molar-refractivity contribution is 0.309. The van der Waals surface area contributed by atoms with Crippen molar-refractivity contribution in [3.05, 3.63) is 29.3 Å². The van der Waals surface area contributed by atoms with Gasteiger partial charge in [-0.25, -0.2) is 0 Å². The van der Waals surface area contributed by atoms with Crippen LogP contribution in [0.15, 0.2) is 18.7 Å². The summed E-state index contributed by atoms with van der Waals surface area (Å²) >= 11 is 6.08. The molecule has 1 aromatic rings. The van der Waals surface area contributed by atoms with E-state index >= 15 is 0 Å². The number of likely N-dealkylation sites (tertiary alicyclic amines) is 1. The average molecular weight is 297 g/mol. The van der Waals surface area contributed by atoms with Crippen LogP contribution in [0.25, 0.3) is 5.70 Å². The Bertz CT molecular complexity index is 505. The molecular weight excluding hydrogens is 276 g/mol. The normalized spacial score (nSPS) is 19.1. The largest absolute Gasteiger partial charge is 0.507 e. The molecule has 0 amide bonds. The third-order valence-corrected chi connectivity index (χ3v) is 4.11. The van der Waals surface area contributed by atoms with Gasteiger partial charge in [0.15, 0.2) is 0 Å². The Morgan fingerprint density at radius 3 is 2.95 bits per heavy atom. The number of nitrogens with one attached hydrogen (secondary N) is 1. The van der Waals surface area contributed by atoms with Crippen molar-refractivity contribution >= 4 is 17.3 Å². The molecule has 1 saturated heterocycles. The lowest BCUT2D eigenvalue weighted by Gasteiger charge is -2.22. The van der Waals surface area contributed by atoms with E-state index in [2.05, 4.69) is 23.8 Å². The van der Waals surface area contributed by atoms with Crippen molar-refractivity contribution in [2.45, 2.75) is 18.9 Å². The molecule has 0 radical (unpaired) electrons. The first-order chi connectivity index (χ1) is 9.54. The van der Waals surface area contributed by atoms with Gasteiger partial charge < -0.3 is 20.1 Å². The summed E-state index contributed by atoms with van der Waals surface area (Å²) in [6, 6.07) is 3.66. The number of phenolic OH excluding ortho intramolecular Hbond substituents is 1. The molecule has 2 N–H and O–H groups in total. The predicted molar refractivity (Wildman–Crippen MR) is 82.4 cm³/mol. The number of nitrogens with zero attached hydrogens (tertiary/aromatic N) is 1. The molecule has 1 fully saturated rings. The van der Waals surface area contributed by atoms with E-state index in [1.54, 1.807) is 12.1 Å². The molecule has 1 heterocycles. The molecule has 2 rings (SSSR count). The molecular formula is C15H21ClN2O2. The molecule has 1 atom stereocenters. The van der Waals surface area contributed by atoms with Crippen molar-refractivity contribution in [3.8, 4) is 11.5 Å². The number of hydrogen-bond acceptors (Lipinski definition) is 4. The molecule has 20 heavy (non-hydrogen) atoms. The molecule has 0 bridgehead atoms. The maximum absolute atomic E-state index is 10.0. The summed E-state index contributed by atoms with van der Waals surface area (Å²) in [6.45, 7) is 5.92. The lowest BCUT2D eigenvalue weighted by Crippen LogP contribution is -2.34. The number of halogens is 1. The Labute approximate surface area is 125 Å². The van der Waals surface area contributed by atoms with Gasteiger partial charge in [-0.15, -0.1) is 0 Å². The Kier molecular flexibility index (Phi) is 4.78. The van der Waals surface area contributed by atoms with Crippen LogP contribution in [0.2, 0.25) is 5.02 Å². The van der Waals surface area contributed by atoms with Crippen LogP contribution in [0.4, 0.5) is 0 Å². The van der Waals surface area contributed by atoms with Crippen LogP contribution < -0.4 is 10.1 Å². The van der Waals surface area contributed by atoms with Crippen LogP contribution in [0.1, 0.15) is 18.4 Å². The molecule has 110 valence electrons. The summed E-state index contributed by atoms with van der Waals surface area (Å²) in [5, 5.41) is 13.8. The summed E-state index contributed by atoms with van der Waals surface area (Å²) in [4.78, 5) is 2.33. The summed E-state index contributed by atoms with van der Waals surface area (Å²) in [7, 11) is 3.65. The summed E-state index contributed by atoms with van der Waals surface area (Å²) in [5.41, 5.74) is 1.16. The van der Waals surface area contributed by atoms with E-state index in [1.165, 1.54) is 20.0 Å². The number of benzene rings is 1. The summed E-state index contributed by atoms with van der Waals surface area (Å²) in [6.07, 6.45) is 2.40. The van der Waals surface area contributed by atoms with Crippen molar-refractivity contribution in [1.29, 1.82) is 0 Å². The second-order valence-electron chi connectivity index (χ2n) is 5.11. The van der Waals surface area contributed by atoms with E-state index in [0.29, 0.717) is 28.1 Å². The fourth-order valence-electron chi connectivity index (χ4n) is 2.60. The van der Waals surface area contributed by atoms with Crippen LogP contribution in [0.3, 0.4) is 0 Å². The standard InChI is InChI=1S/C15H21ClN2O2/c1-10(17-9-11-5-4-8-18(11)2)14-13(19)7-6-12(16)15(14)20-3/h6-7,11,17,19H,1,4-5,8-9H2,2-3H3. The number of aromatic hydroxyl groups is 1. The van der Waals surface area contributed by atoms with Crippen molar-refractivity contribution < 1.29 is 9.84 Å². The minimum absolute atomic E-state index is 0.114. The number of phenols is 1. The van der Waals surface area contributed by atoms with Crippen LogP contribution >= 0.6 is 11.6 Å². The topological polar surface area (TPSA) is 44.7 Å². The van der Waals surface area contributed by atoms with E-state index < -0.39 is 0 Å². The monoisotopic (exact) mass is 296 g/mol. The molecule has 1 aromatic carbocycles. The maximum Gasteiger partial charge on any atom is 0.150 e. The van der Waals surface area contributed by atoms with Crippen molar-refractivity contribution in [1.82, 2.24) is 10.2 Å². The van der Waals surface area contributed by atoms with Crippen LogP contribution in [-0.4, -0.2) is 43.3 Å². The number of ether oxygens (including phenoxy) is 1. The number of likely N-dealkylation sites (N-methyl/N-ethyl adjacent to an activating group) is 1. The van der Waals surface area contributed by atoms with Gasteiger partial charge in [0.2, 0.25) is 0 Å². The third-order valence-electron chi connectivity index (χ3n) is 3.82. The second kappa shape index (κ2) is 6.37. The van der Waals surface area contributed by atoms with Gasteiger partial charge in [0.1, 0.15) is 11.5 Å². The van der Waals surface area contributed by atoms with Gasteiger partial charge in [0, 0.05) is 18.3 Å². The maximum atomic E-state index is 10.0. The van der Waals surface area contributed by atoms with Crippen LogP contribution in [-0.2, 0) is 0 Å². The Morgan fingerprint density at radius 2 is 2.35 bits per heavy atom. The van der Waals surface area contributed by atoms with E-state index in [1.807, 2.05) is 0 Å². The van der Waals surface area contributed by atoms with Gasteiger partial charge >= 0.3 is 0 Å². The second-order valence-corrected chi connectivity index (χ2v) is 5.52. The highest BCUT2D eigenvalue weighted by atomic mass is 35.5. The molecule has 0 aliphatic carbocycles. The number of methoxy groups -OCH3 is 1.